The lowest BCUT2D eigenvalue weighted by atomic mass is 9.80. The minimum atomic E-state index is -0.324. The summed E-state index contributed by atoms with van der Waals surface area (Å²) in [7, 11) is 0. The number of esters is 2. The van der Waals surface area contributed by atoms with Gasteiger partial charge in [0.1, 0.15) is 26.8 Å². The van der Waals surface area contributed by atoms with Crippen LogP contribution in [0.15, 0.2) is 53.9 Å². The van der Waals surface area contributed by atoms with E-state index in [2.05, 4.69) is 18.2 Å². The molecule has 44 heavy (non-hydrogen) atoms. The van der Waals surface area contributed by atoms with Gasteiger partial charge in [-0.05, 0) is 94.4 Å². The largest absolute Gasteiger partial charge is 0.425 e. The van der Waals surface area contributed by atoms with E-state index in [1.165, 1.54) is 16.2 Å². The number of carbonyl (C=O) groups is 4. The summed E-state index contributed by atoms with van der Waals surface area (Å²) in [4.78, 5) is 56.1. The van der Waals surface area contributed by atoms with Gasteiger partial charge >= 0.3 is 11.9 Å². The minimum Gasteiger partial charge on any atom is -0.425 e. The number of thiophene rings is 1. The zero-order valence-corrected chi connectivity index (χ0v) is 26.5. The Hall–Kier alpha value is -3.69. The van der Waals surface area contributed by atoms with Crippen LogP contribution in [0.5, 0.6) is 11.5 Å². The molecule has 4 aromatic rings. The summed E-state index contributed by atoms with van der Waals surface area (Å²) in [5.41, 5.74) is 2.50. The second kappa shape index (κ2) is 13.1. The Kier molecular flexibility index (Phi) is 9.05. The molecule has 2 aliphatic carbocycles. The predicted octanol–water partition coefficient (Wildman–Crippen LogP) is 8.29. The molecule has 2 fully saturated rings. The van der Waals surface area contributed by atoms with Crippen molar-refractivity contribution >= 4 is 56.4 Å². The highest BCUT2D eigenvalue weighted by atomic mass is 32.1. The molecule has 9 heteroatoms. The van der Waals surface area contributed by atoms with Gasteiger partial charge in [0.2, 0.25) is 0 Å². The molecule has 0 atom stereocenters. The van der Waals surface area contributed by atoms with Crippen LogP contribution in [0.1, 0.15) is 65.2 Å². The molecule has 6 rings (SSSR count). The highest BCUT2D eigenvalue weighted by molar-refractivity contribution is 7.22. The molecule has 2 aromatic heterocycles. The fraction of sp³-hybridized carbons (Fsp3) is 0.400. The Labute approximate surface area is 264 Å². The molecule has 2 saturated carbocycles. The average Bonchev–Trinajstić information content (AvgIpc) is 3.74. The van der Waals surface area contributed by atoms with Crippen molar-refractivity contribution in [3.05, 3.63) is 53.9 Å². The van der Waals surface area contributed by atoms with Crippen molar-refractivity contribution in [3.63, 3.8) is 0 Å². The summed E-state index contributed by atoms with van der Waals surface area (Å²) >= 11 is 3.07. The Bertz CT molecular complexity index is 1590. The fourth-order valence-electron chi connectivity index (χ4n) is 6.32. The summed E-state index contributed by atoms with van der Waals surface area (Å²) in [5.74, 6) is -0.0583. The topological polar surface area (TPSA) is 99.6 Å². The molecule has 2 aliphatic rings. The van der Waals surface area contributed by atoms with Gasteiger partial charge in [-0.25, -0.2) is 4.98 Å². The standard InChI is InChI=1S/C35H35NO6S2/c1-20(37)22-5-13-26(14-6-22)34(39)41-28-17-18-29(42-35(40)27-15-7-23(8-16-27)21(2)38)32-31(28)36-33(44-32)25-11-9-24(10-12-25)30-4-3-19-43-30/h3-4,9-12,17-19,22-23,26-27H,5-8,13-16H2,1-2H3. The number of fused-ring (bicyclic) bond motifs is 1. The maximum absolute atomic E-state index is 13.2. The third-order valence-electron chi connectivity index (χ3n) is 9.10. The SMILES string of the molecule is CC(=O)C1CCC(C(=O)Oc2ccc(OC(=O)C3CCC(C(C)=O)CC3)c3sc(-c4ccc(-c5cccs5)cc4)nc23)CC1. The molecule has 2 heterocycles. The van der Waals surface area contributed by atoms with Crippen LogP contribution in [-0.4, -0.2) is 28.5 Å². The second-order valence-electron chi connectivity index (χ2n) is 12.0. The first-order valence-electron chi connectivity index (χ1n) is 15.3. The van der Waals surface area contributed by atoms with Crippen molar-refractivity contribution in [2.45, 2.75) is 65.2 Å². The molecule has 0 amide bonds. The molecular weight excluding hydrogens is 595 g/mol. The number of ether oxygens (including phenoxy) is 2. The van der Waals surface area contributed by atoms with Crippen LogP contribution in [-0.2, 0) is 19.2 Å². The Morgan fingerprint density at radius 1 is 0.659 bits per heavy atom. The molecule has 0 aliphatic heterocycles. The highest BCUT2D eigenvalue weighted by Crippen LogP contribution is 2.42. The molecule has 7 nitrogen and oxygen atoms in total. The normalized spacial score (nSPS) is 22.0. The van der Waals surface area contributed by atoms with Crippen LogP contribution < -0.4 is 9.47 Å². The van der Waals surface area contributed by atoms with Crippen molar-refractivity contribution < 1.29 is 28.7 Å². The number of hydrogen-bond acceptors (Lipinski definition) is 9. The van der Waals surface area contributed by atoms with Crippen molar-refractivity contribution in [2.24, 2.45) is 23.7 Å². The molecule has 0 unspecified atom stereocenters. The van der Waals surface area contributed by atoms with E-state index in [0.29, 0.717) is 73.1 Å². The number of carbonyl (C=O) groups excluding carboxylic acids is 4. The quantitative estimate of drug-likeness (QED) is 0.143. The van der Waals surface area contributed by atoms with Gasteiger partial charge in [-0.1, -0.05) is 30.3 Å². The Balaban J connectivity index is 1.27. The van der Waals surface area contributed by atoms with E-state index in [-0.39, 0.29) is 47.2 Å². The average molecular weight is 630 g/mol. The Morgan fingerprint density at radius 3 is 1.68 bits per heavy atom. The lowest BCUT2D eigenvalue weighted by molar-refractivity contribution is -0.141. The highest BCUT2D eigenvalue weighted by Gasteiger charge is 2.32. The van der Waals surface area contributed by atoms with E-state index in [1.54, 1.807) is 37.3 Å². The first kappa shape index (κ1) is 30.3. The van der Waals surface area contributed by atoms with E-state index in [9.17, 15) is 19.2 Å². The van der Waals surface area contributed by atoms with Crippen LogP contribution in [0.25, 0.3) is 31.2 Å². The van der Waals surface area contributed by atoms with Gasteiger partial charge in [0.05, 0.1) is 11.8 Å². The van der Waals surface area contributed by atoms with E-state index < -0.39 is 0 Å². The summed E-state index contributed by atoms with van der Waals surface area (Å²) < 4.78 is 12.5. The third-order valence-corrected chi connectivity index (χ3v) is 11.1. The van der Waals surface area contributed by atoms with E-state index >= 15 is 0 Å². The molecule has 0 radical (unpaired) electrons. The van der Waals surface area contributed by atoms with E-state index in [4.69, 9.17) is 14.5 Å². The van der Waals surface area contributed by atoms with E-state index in [1.807, 2.05) is 23.6 Å². The number of nitrogens with zero attached hydrogens (tertiary/aromatic N) is 1. The van der Waals surface area contributed by atoms with Crippen molar-refractivity contribution in [1.82, 2.24) is 4.98 Å². The third kappa shape index (κ3) is 6.54. The van der Waals surface area contributed by atoms with E-state index in [0.717, 1.165) is 16.1 Å². The fourth-order valence-corrected chi connectivity index (χ4v) is 8.09. The van der Waals surface area contributed by atoms with Gasteiger partial charge in [-0.15, -0.1) is 22.7 Å². The van der Waals surface area contributed by atoms with Gasteiger partial charge in [-0.3, -0.25) is 19.2 Å². The van der Waals surface area contributed by atoms with Gasteiger partial charge in [-0.2, -0.15) is 0 Å². The zero-order chi connectivity index (χ0) is 30.8. The van der Waals surface area contributed by atoms with Crippen molar-refractivity contribution in [1.29, 1.82) is 0 Å². The van der Waals surface area contributed by atoms with Crippen molar-refractivity contribution in [3.8, 4) is 32.5 Å². The lowest BCUT2D eigenvalue weighted by Crippen LogP contribution is -2.28. The molecule has 0 N–H and O–H groups in total. The van der Waals surface area contributed by atoms with Crippen LogP contribution in [0.4, 0.5) is 0 Å². The van der Waals surface area contributed by atoms with Crippen LogP contribution in [0, 0.1) is 23.7 Å². The summed E-state index contributed by atoms with van der Waals surface area (Å²) in [6.45, 7) is 3.23. The number of Topliss-reactive ketones (excluding diaryl/α,β-unsaturated/α-hetero) is 2. The zero-order valence-electron chi connectivity index (χ0n) is 24.9. The number of aromatic nitrogens is 1. The first-order chi connectivity index (χ1) is 21.3. The van der Waals surface area contributed by atoms with Gasteiger partial charge in [0, 0.05) is 22.3 Å². The number of thiazole rings is 1. The monoisotopic (exact) mass is 629 g/mol. The van der Waals surface area contributed by atoms with Crippen LogP contribution >= 0.6 is 22.7 Å². The van der Waals surface area contributed by atoms with Crippen LogP contribution in [0.3, 0.4) is 0 Å². The summed E-state index contributed by atoms with van der Waals surface area (Å²) in [6, 6.07) is 15.6. The summed E-state index contributed by atoms with van der Waals surface area (Å²) in [6.07, 6.45) is 5.25. The number of hydrogen-bond donors (Lipinski definition) is 0. The second-order valence-corrected chi connectivity index (χ2v) is 13.9. The number of ketones is 2. The van der Waals surface area contributed by atoms with Gasteiger partial charge in [0.25, 0.3) is 0 Å². The van der Waals surface area contributed by atoms with Gasteiger partial charge < -0.3 is 9.47 Å². The molecule has 0 bridgehead atoms. The predicted molar refractivity (Wildman–Crippen MR) is 172 cm³/mol. The molecule has 2 aromatic carbocycles. The minimum absolute atomic E-state index is 0.0181. The van der Waals surface area contributed by atoms with Crippen LogP contribution in [0.2, 0.25) is 0 Å². The maximum Gasteiger partial charge on any atom is 0.314 e. The van der Waals surface area contributed by atoms with Crippen molar-refractivity contribution in [2.75, 3.05) is 0 Å². The molecule has 0 spiro atoms. The smallest absolute Gasteiger partial charge is 0.314 e. The molecular formula is C35H35NO6S2. The first-order valence-corrected chi connectivity index (χ1v) is 17.0. The van der Waals surface area contributed by atoms with Gasteiger partial charge in [0.15, 0.2) is 11.5 Å². The number of benzene rings is 2. The number of rotatable bonds is 8. The molecule has 228 valence electrons. The Morgan fingerprint density at radius 2 is 1.16 bits per heavy atom. The lowest BCUT2D eigenvalue weighted by Gasteiger charge is -2.25. The molecule has 0 saturated heterocycles. The maximum atomic E-state index is 13.2. The summed E-state index contributed by atoms with van der Waals surface area (Å²) in [5, 5.41) is 2.77.